The summed E-state index contributed by atoms with van der Waals surface area (Å²) < 4.78 is 5.97. The average Bonchev–Trinajstić information content (AvgIpc) is 2.92. The second kappa shape index (κ2) is 8.38. The first-order valence-corrected chi connectivity index (χ1v) is 10.8. The summed E-state index contributed by atoms with van der Waals surface area (Å²) in [7, 11) is 1.75. The number of fused-ring (bicyclic) bond motifs is 3. The second-order valence-electron chi connectivity index (χ2n) is 7.76. The van der Waals surface area contributed by atoms with Crippen LogP contribution in [0, 0.1) is 0 Å². The van der Waals surface area contributed by atoms with Crippen LogP contribution in [-0.2, 0) is 6.42 Å². The number of benzene rings is 1. The van der Waals surface area contributed by atoms with E-state index in [0.717, 1.165) is 16.6 Å². The number of carbonyl (C=O) groups excluding carboxylic acids is 1. The lowest BCUT2D eigenvalue weighted by atomic mass is 10.1. The molecule has 8 heteroatoms. The van der Waals surface area contributed by atoms with Gasteiger partial charge in [0.2, 0.25) is 5.88 Å². The van der Waals surface area contributed by atoms with Gasteiger partial charge in [-0.15, -0.1) is 0 Å². The summed E-state index contributed by atoms with van der Waals surface area (Å²) in [5, 5.41) is 10.7. The number of rotatable bonds is 5. The van der Waals surface area contributed by atoms with Crippen LogP contribution in [-0.4, -0.2) is 46.2 Å². The van der Waals surface area contributed by atoms with Crippen LogP contribution < -0.4 is 14.5 Å². The molecule has 3 aromatic heterocycles. The van der Waals surface area contributed by atoms with Gasteiger partial charge in [0.15, 0.2) is 5.82 Å². The van der Waals surface area contributed by atoms with Crippen LogP contribution >= 0.6 is 0 Å². The summed E-state index contributed by atoms with van der Waals surface area (Å²) in [6.07, 6.45) is 4.04. The molecule has 0 spiro atoms. The number of pyridine rings is 3. The first-order valence-electron chi connectivity index (χ1n) is 10.8. The van der Waals surface area contributed by atoms with E-state index in [1.54, 1.807) is 24.3 Å². The zero-order chi connectivity index (χ0) is 22.9. The molecule has 0 saturated carbocycles. The van der Waals surface area contributed by atoms with Gasteiger partial charge in [-0.25, -0.2) is 15.0 Å². The van der Waals surface area contributed by atoms with Crippen molar-refractivity contribution in [3.8, 4) is 11.6 Å². The van der Waals surface area contributed by atoms with Gasteiger partial charge in [-0.1, -0.05) is 12.1 Å². The summed E-state index contributed by atoms with van der Waals surface area (Å²) in [5.74, 6) is 1.66. The third kappa shape index (κ3) is 3.69. The van der Waals surface area contributed by atoms with Crippen molar-refractivity contribution in [2.75, 3.05) is 30.0 Å². The zero-order valence-electron chi connectivity index (χ0n) is 18.4. The summed E-state index contributed by atoms with van der Waals surface area (Å²) in [5.41, 5.74) is 2.83. The second-order valence-corrected chi connectivity index (χ2v) is 7.76. The van der Waals surface area contributed by atoms with Gasteiger partial charge in [-0.05, 0) is 42.8 Å². The van der Waals surface area contributed by atoms with Gasteiger partial charge in [-0.2, -0.15) is 0 Å². The third-order valence-electron chi connectivity index (χ3n) is 5.73. The van der Waals surface area contributed by atoms with Gasteiger partial charge >= 0.3 is 0 Å². The molecular formula is C25H23N5O3. The molecule has 1 aliphatic heterocycles. The predicted octanol–water partition coefficient (Wildman–Crippen LogP) is 4.10. The highest BCUT2D eigenvalue weighted by atomic mass is 16.5. The van der Waals surface area contributed by atoms with E-state index < -0.39 is 0 Å². The Labute approximate surface area is 191 Å². The Balaban J connectivity index is 1.41. The van der Waals surface area contributed by atoms with E-state index in [4.69, 9.17) is 4.74 Å². The Morgan fingerprint density at radius 2 is 1.91 bits per heavy atom. The number of aromatic hydroxyl groups is 1. The van der Waals surface area contributed by atoms with Crippen molar-refractivity contribution in [3.63, 3.8) is 0 Å². The first-order chi connectivity index (χ1) is 16.1. The summed E-state index contributed by atoms with van der Waals surface area (Å²) >= 11 is 0. The van der Waals surface area contributed by atoms with E-state index >= 15 is 0 Å². The van der Waals surface area contributed by atoms with Gasteiger partial charge in [-0.3, -0.25) is 4.79 Å². The molecule has 1 aromatic carbocycles. The Morgan fingerprint density at radius 1 is 1.06 bits per heavy atom. The van der Waals surface area contributed by atoms with Gasteiger partial charge in [0.05, 0.1) is 23.4 Å². The molecule has 8 nitrogen and oxygen atoms in total. The molecule has 5 rings (SSSR count). The zero-order valence-corrected chi connectivity index (χ0v) is 18.4. The van der Waals surface area contributed by atoms with Crippen molar-refractivity contribution in [2.45, 2.75) is 13.3 Å². The largest absolute Gasteiger partial charge is 0.493 e. The quantitative estimate of drug-likeness (QED) is 0.498. The maximum atomic E-state index is 13.3. The molecular weight excluding hydrogens is 418 g/mol. The lowest BCUT2D eigenvalue weighted by molar-refractivity contribution is 0.0994. The number of aromatic nitrogens is 3. The fourth-order valence-electron chi connectivity index (χ4n) is 4.09. The Morgan fingerprint density at radius 3 is 2.76 bits per heavy atom. The fourth-order valence-corrected chi connectivity index (χ4v) is 4.09. The number of para-hydroxylation sites is 1. The number of amides is 1. The van der Waals surface area contributed by atoms with Crippen LogP contribution in [0.1, 0.15) is 22.8 Å². The SMILES string of the molecule is CCN1c2ncc(CCOc3cc(O)nc4ccccc34)cc2C(=O)N(C)c2cccnc21. The molecule has 0 radical (unpaired) electrons. The van der Waals surface area contributed by atoms with Crippen molar-refractivity contribution >= 4 is 34.1 Å². The molecule has 1 aliphatic rings. The fraction of sp³-hybridized carbons (Fsp3) is 0.200. The van der Waals surface area contributed by atoms with Crippen molar-refractivity contribution in [1.29, 1.82) is 0 Å². The molecule has 0 saturated heterocycles. The molecule has 4 aromatic rings. The van der Waals surface area contributed by atoms with Crippen molar-refractivity contribution in [3.05, 3.63) is 72.1 Å². The summed E-state index contributed by atoms with van der Waals surface area (Å²) in [6.45, 7) is 3.00. The lowest BCUT2D eigenvalue weighted by Crippen LogP contribution is -2.25. The number of ether oxygens (including phenoxy) is 1. The molecule has 0 atom stereocenters. The Kier molecular flexibility index (Phi) is 5.26. The molecule has 1 N–H and O–H groups in total. The van der Waals surface area contributed by atoms with Gasteiger partial charge in [0, 0.05) is 43.9 Å². The molecule has 0 bridgehead atoms. The first kappa shape index (κ1) is 20.7. The Hall–Kier alpha value is -4.20. The highest BCUT2D eigenvalue weighted by molar-refractivity contribution is 6.12. The molecule has 0 unspecified atom stereocenters. The maximum absolute atomic E-state index is 13.3. The molecule has 166 valence electrons. The van der Waals surface area contributed by atoms with Gasteiger partial charge in [0.1, 0.15) is 11.6 Å². The summed E-state index contributed by atoms with van der Waals surface area (Å²) in [6, 6.07) is 14.6. The summed E-state index contributed by atoms with van der Waals surface area (Å²) in [4.78, 5) is 30.1. The monoisotopic (exact) mass is 441 g/mol. The van der Waals surface area contributed by atoms with Gasteiger partial charge in [0.25, 0.3) is 5.91 Å². The van der Waals surface area contributed by atoms with E-state index in [1.165, 1.54) is 6.07 Å². The standard InChI is InChI=1S/C25H23N5O3/c1-3-30-23-18(25(32)29(2)20-9-6-11-26-24(20)30)13-16(15-27-23)10-12-33-21-14-22(31)28-19-8-5-4-7-17(19)21/h4-9,11,13-15H,3,10,12H2,1-2H3,(H,28,31). The maximum Gasteiger partial charge on any atom is 0.261 e. The molecule has 33 heavy (non-hydrogen) atoms. The molecule has 1 amide bonds. The van der Waals surface area contributed by atoms with E-state index in [0.29, 0.717) is 48.0 Å². The highest BCUT2D eigenvalue weighted by Crippen LogP contribution is 2.37. The highest BCUT2D eigenvalue weighted by Gasteiger charge is 2.30. The minimum absolute atomic E-state index is 0.0862. The van der Waals surface area contributed by atoms with Crippen LogP contribution in [0.2, 0.25) is 0 Å². The van der Waals surface area contributed by atoms with E-state index in [-0.39, 0.29) is 11.8 Å². The predicted molar refractivity (Wildman–Crippen MR) is 126 cm³/mol. The molecule has 0 fully saturated rings. The van der Waals surface area contributed by atoms with Crippen LogP contribution in [0.5, 0.6) is 11.6 Å². The van der Waals surface area contributed by atoms with E-state index in [9.17, 15) is 9.90 Å². The number of anilines is 3. The molecule has 0 aliphatic carbocycles. The van der Waals surface area contributed by atoms with E-state index in [1.807, 2.05) is 54.3 Å². The van der Waals surface area contributed by atoms with Crippen molar-refractivity contribution in [2.24, 2.45) is 0 Å². The van der Waals surface area contributed by atoms with Crippen LogP contribution in [0.15, 0.2) is 60.9 Å². The van der Waals surface area contributed by atoms with Crippen molar-refractivity contribution in [1.82, 2.24) is 15.0 Å². The van der Waals surface area contributed by atoms with Crippen LogP contribution in [0.4, 0.5) is 17.3 Å². The number of nitrogens with zero attached hydrogens (tertiary/aromatic N) is 5. The number of carbonyl (C=O) groups is 1. The van der Waals surface area contributed by atoms with Crippen molar-refractivity contribution < 1.29 is 14.6 Å². The number of hydrogen-bond donors (Lipinski definition) is 1. The van der Waals surface area contributed by atoms with Crippen LogP contribution in [0.3, 0.4) is 0 Å². The number of hydrogen-bond acceptors (Lipinski definition) is 7. The molecule has 4 heterocycles. The third-order valence-corrected chi connectivity index (χ3v) is 5.73. The topological polar surface area (TPSA) is 91.7 Å². The minimum Gasteiger partial charge on any atom is -0.493 e. The lowest BCUT2D eigenvalue weighted by Gasteiger charge is -2.22. The normalized spacial score (nSPS) is 13.0. The smallest absolute Gasteiger partial charge is 0.261 e. The van der Waals surface area contributed by atoms with E-state index in [2.05, 4.69) is 15.0 Å². The average molecular weight is 441 g/mol. The Bertz CT molecular complexity index is 1360. The van der Waals surface area contributed by atoms with Gasteiger partial charge < -0.3 is 19.6 Å². The minimum atomic E-state index is -0.129. The van der Waals surface area contributed by atoms with Crippen LogP contribution in [0.25, 0.3) is 10.9 Å².